The first-order valence-corrected chi connectivity index (χ1v) is 4.38. The van der Waals surface area contributed by atoms with Crippen LogP contribution in [0.15, 0.2) is 24.5 Å². The molecule has 0 spiro atoms. The Morgan fingerprint density at radius 1 is 1.57 bits per heavy atom. The number of fused-ring (bicyclic) bond motifs is 1. The van der Waals surface area contributed by atoms with Crippen molar-refractivity contribution in [1.82, 2.24) is 9.38 Å². The van der Waals surface area contributed by atoms with E-state index in [1.165, 1.54) is 0 Å². The summed E-state index contributed by atoms with van der Waals surface area (Å²) < 4.78 is 1.82. The minimum atomic E-state index is 0.0600. The lowest BCUT2D eigenvalue weighted by Crippen LogP contribution is -1.98. The molecule has 0 aromatic carbocycles. The molecular weight excluding hydrogens is 180 g/mol. The van der Waals surface area contributed by atoms with Crippen LogP contribution in [-0.2, 0) is 6.42 Å². The third-order valence-corrected chi connectivity index (χ3v) is 2.14. The minimum Gasteiger partial charge on any atom is -0.396 e. The predicted molar refractivity (Wildman–Crippen MR) is 51.4 cm³/mol. The quantitative estimate of drug-likeness (QED) is 0.724. The molecule has 0 radical (unpaired) electrons. The Morgan fingerprint density at radius 3 is 3.14 bits per heavy atom. The summed E-state index contributed by atoms with van der Waals surface area (Å²) in [6.45, 7) is 0.0600. The highest BCUT2D eigenvalue weighted by Crippen LogP contribution is 2.11. The van der Waals surface area contributed by atoms with Crippen LogP contribution in [0.5, 0.6) is 0 Å². The van der Waals surface area contributed by atoms with Gasteiger partial charge in [-0.25, -0.2) is 4.98 Å². The fourth-order valence-electron chi connectivity index (χ4n) is 1.48. The van der Waals surface area contributed by atoms with Crippen molar-refractivity contribution in [2.75, 3.05) is 6.61 Å². The van der Waals surface area contributed by atoms with E-state index in [0.29, 0.717) is 12.0 Å². The standard InChI is InChI=1S/C10H10N2O2/c13-5-3-10-11-6-9-8(7-14)2-1-4-12(9)10/h1-2,4,6-7,13H,3,5H2. The largest absolute Gasteiger partial charge is 0.396 e. The van der Waals surface area contributed by atoms with Gasteiger partial charge < -0.3 is 9.51 Å². The Labute approximate surface area is 80.8 Å². The number of hydrogen-bond acceptors (Lipinski definition) is 3. The smallest absolute Gasteiger partial charge is 0.152 e. The molecule has 4 nitrogen and oxygen atoms in total. The van der Waals surface area contributed by atoms with Crippen LogP contribution in [0.25, 0.3) is 5.52 Å². The van der Waals surface area contributed by atoms with E-state index in [9.17, 15) is 4.79 Å². The van der Waals surface area contributed by atoms with Gasteiger partial charge in [0.25, 0.3) is 0 Å². The van der Waals surface area contributed by atoms with Crippen molar-refractivity contribution in [2.24, 2.45) is 0 Å². The molecule has 0 aliphatic rings. The SMILES string of the molecule is O=Cc1cccn2c(CCO)ncc12. The van der Waals surface area contributed by atoms with Crippen LogP contribution < -0.4 is 0 Å². The highest BCUT2D eigenvalue weighted by atomic mass is 16.3. The summed E-state index contributed by atoms with van der Waals surface area (Å²) in [5.74, 6) is 0.770. The summed E-state index contributed by atoms with van der Waals surface area (Å²) in [7, 11) is 0. The molecule has 0 unspecified atom stereocenters. The molecule has 0 bridgehead atoms. The van der Waals surface area contributed by atoms with Crippen molar-refractivity contribution in [3.63, 3.8) is 0 Å². The van der Waals surface area contributed by atoms with Crippen molar-refractivity contribution in [1.29, 1.82) is 0 Å². The molecule has 0 atom stereocenters. The van der Waals surface area contributed by atoms with Gasteiger partial charge in [-0.05, 0) is 12.1 Å². The number of aliphatic hydroxyl groups is 1. The molecule has 2 aromatic rings. The molecule has 2 aromatic heterocycles. The Hall–Kier alpha value is -1.68. The van der Waals surface area contributed by atoms with Gasteiger partial charge in [0.1, 0.15) is 5.82 Å². The van der Waals surface area contributed by atoms with Crippen LogP contribution in [0.2, 0.25) is 0 Å². The molecule has 0 amide bonds. The Morgan fingerprint density at radius 2 is 2.43 bits per heavy atom. The van der Waals surface area contributed by atoms with Crippen molar-refractivity contribution in [3.8, 4) is 0 Å². The van der Waals surface area contributed by atoms with Crippen molar-refractivity contribution < 1.29 is 9.90 Å². The number of carbonyl (C=O) groups excluding carboxylic acids is 1. The van der Waals surface area contributed by atoms with Gasteiger partial charge in [-0.15, -0.1) is 0 Å². The second-order valence-corrected chi connectivity index (χ2v) is 2.98. The molecular formula is C10H10N2O2. The lowest BCUT2D eigenvalue weighted by molar-refractivity contribution is 0.112. The van der Waals surface area contributed by atoms with Crippen LogP contribution in [0.3, 0.4) is 0 Å². The summed E-state index contributed by atoms with van der Waals surface area (Å²) >= 11 is 0. The van der Waals surface area contributed by atoms with Gasteiger partial charge in [0.05, 0.1) is 18.3 Å². The van der Waals surface area contributed by atoms with Crippen LogP contribution in [0.4, 0.5) is 0 Å². The van der Waals surface area contributed by atoms with Crippen molar-refractivity contribution in [3.05, 3.63) is 35.9 Å². The molecule has 0 saturated carbocycles. The fraction of sp³-hybridized carbons (Fsp3) is 0.200. The lowest BCUT2D eigenvalue weighted by atomic mass is 10.2. The normalized spacial score (nSPS) is 10.6. The molecule has 2 rings (SSSR count). The van der Waals surface area contributed by atoms with E-state index >= 15 is 0 Å². The van der Waals surface area contributed by atoms with E-state index in [2.05, 4.69) is 4.98 Å². The Kier molecular flexibility index (Phi) is 2.28. The third kappa shape index (κ3) is 1.29. The number of aldehydes is 1. The average molecular weight is 190 g/mol. The predicted octanol–water partition coefficient (Wildman–Crippen LogP) is 0.682. The fourth-order valence-corrected chi connectivity index (χ4v) is 1.48. The molecule has 0 fully saturated rings. The number of aliphatic hydroxyl groups excluding tert-OH is 1. The van der Waals surface area contributed by atoms with Gasteiger partial charge in [-0.1, -0.05) is 0 Å². The van der Waals surface area contributed by atoms with E-state index in [1.54, 1.807) is 18.3 Å². The van der Waals surface area contributed by atoms with E-state index in [-0.39, 0.29) is 6.61 Å². The molecule has 0 aliphatic carbocycles. The van der Waals surface area contributed by atoms with E-state index < -0.39 is 0 Å². The maximum absolute atomic E-state index is 10.7. The monoisotopic (exact) mass is 190 g/mol. The summed E-state index contributed by atoms with van der Waals surface area (Å²) in [5.41, 5.74) is 1.40. The van der Waals surface area contributed by atoms with E-state index in [1.807, 2.05) is 10.6 Å². The zero-order chi connectivity index (χ0) is 9.97. The summed E-state index contributed by atoms with van der Waals surface area (Å²) in [6.07, 6.45) is 4.78. The number of nitrogens with zero attached hydrogens (tertiary/aromatic N) is 2. The first kappa shape index (κ1) is 8.90. The van der Waals surface area contributed by atoms with Gasteiger partial charge in [0.15, 0.2) is 6.29 Å². The molecule has 0 saturated heterocycles. The maximum atomic E-state index is 10.7. The first-order valence-electron chi connectivity index (χ1n) is 4.38. The number of hydrogen-bond donors (Lipinski definition) is 1. The molecule has 72 valence electrons. The van der Waals surface area contributed by atoms with Gasteiger partial charge >= 0.3 is 0 Å². The van der Waals surface area contributed by atoms with Crippen molar-refractivity contribution in [2.45, 2.75) is 6.42 Å². The second kappa shape index (κ2) is 3.59. The number of pyridine rings is 1. The maximum Gasteiger partial charge on any atom is 0.152 e. The molecule has 4 heteroatoms. The number of rotatable bonds is 3. The summed E-state index contributed by atoms with van der Waals surface area (Å²) in [4.78, 5) is 14.8. The number of carbonyl (C=O) groups is 1. The minimum absolute atomic E-state index is 0.0600. The molecule has 2 heterocycles. The van der Waals surface area contributed by atoms with Gasteiger partial charge in [0, 0.05) is 18.2 Å². The number of aromatic nitrogens is 2. The van der Waals surface area contributed by atoms with Gasteiger partial charge in [-0.2, -0.15) is 0 Å². The van der Waals surface area contributed by atoms with E-state index in [0.717, 1.165) is 17.6 Å². The Balaban J connectivity index is 2.63. The zero-order valence-corrected chi connectivity index (χ0v) is 7.55. The topological polar surface area (TPSA) is 54.6 Å². The summed E-state index contributed by atoms with van der Waals surface area (Å²) in [5, 5.41) is 8.80. The van der Waals surface area contributed by atoms with Crippen molar-refractivity contribution >= 4 is 11.8 Å². The zero-order valence-electron chi connectivity index (χ0n) is 7.55. The first-order chi connectivity index (χ1) is 6.86. The lowest BCUT2D eigenvalue weighted by Gasteiger charge is -1.99. The highest BCUT2D eigenvalue weighted by molar-refractivity contribution is 5.85. The van der Waals surface area contributed by atoms with Gasteiger partial charge in [-0.3, -0.25) is 4.79 Å². The van der Waals surface area contributed by atoms with Crippen LogP contribution in [0.1, 0.15) is 16.2 Å². The highest BCUT2D eigenvalue weighted by Gasteiger charge is 2.05. The van der Waals surface area contributed by atoms with E-state index in [4.69, 9.17) is 5.11 Å². The Bertz CT molecular complexity index is 462. The van der Waals surface area contributed by atoms with Gasteiger partial charge in [0.2, 0.25) is 0 Å². The summed E-state index contributed by atoms with van der Waals surface area (Å²) in [6, 6.07) is 3.53. The van der Waals surface area contributed by atoms with Crippen LogP contribution in [-0.4, -0.2) is 27.4 Å². The molecule has 0 aliphatic heterocycles. The number of imidazole rings is 1. The van der Waals surface area contributed by atoms with Crippen LogP contribution in [0, 0.1) is 0 Å². The second-order valence-electron chi connectivity index (χ2n) is 2.98. The molecule has 1 N–H and O–H groups in total. The van der Waals surface area contributed by atoms with Crippen LogP contribution >= 0.6 is 0 Å². The third-order valence-electron chi connectivity index (χ3n) is 2.14. The molecule has 14 heavy (non-hydrogen) atoms. The average Bonchev–Trinajstić information content (AvgIpc) is 2.62.